The zero-order valence-corrected chi connectivity index (χ0v) is 13.4. The monoisotopic (exact) mass is 300 g/mol. The molecule has 4 aliphatic carbocycles. The number of ketones is 2. The van der Waals surface area contributed by atoms with Crippen molar-refractivity contribution in [1.82, 2.24) is 0 Å². The van der Waals surface area contributed by atoms with Crippen LogP contribution in [0.25, 0.3) is 0 Å². The van der Waals surface area contributed by atoms with Crippen molar-refractivity contribution in [1.29, 1.82) is 0 Å². The quantitative estimate of drug-likeness (QED) is 0.741. The van der Waals surface area contributed by atoms with E-state index in [0.717, 1.165) is 24.8 Å². The Kier molecular flexibility index (Phi) is 2.80. The molecule has 0 aromatic carbocycles. The Balaban J connectivity index is 1.80. The number of carbonyl (C=O) groups is 2. The number of allylic oxidation sites excluding steroid dienone is 4. The fourth-order valence-corrected chi connectivity index (χ4v) is 5.92. The minimum atomic E-state index is -0.410. The molecule has 0 aromatic rings. The zero-order valence-electron chi connectivity index (χ0n) is 13.4. The number of Topliss-reactive ketones (excluding diaryl/α,β-unsaturated/α-hetero) is 2. The van der Waals surface area contributed by atoms with Crippen molar-refractivity contribution in [2.75, 3.05) is 0 Å². The molecule has 1 N–H and O–H groups in total. The molecular weight excluding hydrogens is 276 g/mol. The second kappa shape index (κ2) is 4.33. The Hall–Kier alpha value is -1.38. The summed E-state index contributed by atoms with van der Waals surface area (Å²) in [6, 6.07) is 0. The van der Waals surface area contributed by atoms with Crippen LogP contribution in [0.2, 0.25) is 0 Å². The van der Waals surface area contributed by atoms with Crippen LogP contribution >= 0.6 is 0 Å². The van der Waals surface area contributed by atoms with Gasteiger partial charge in [0.25, 0.3) is 0 Å². The number of fused-ring (bicyclic) bond motifs is 5. The number of hydrogen-bond acceptors (Lipinski definition) is 3. The summed E-state index contributed by atoms with van der Waals surface area (Å²) in [6.45, 7) is 4.21. The van der Waals surface area contributed by atoms with Gasteiger partial charge in [-0.25, -0.2) is 0 Å². The summed E-state index contributed by atoms with van der Waals surface area (Å²) < 4.78 is 0. The van der Waals surface area contributed by atoms with Crippen LogP contribution in [0.3, 0.4) is 0 Å². The predicted octanol–water partition coefficient (Wildman–Crippen LogP) is 3.75. The molecule has 0 spiro atoms. The van der Waals surface area contributed by atoms with Crippen molar-refractivity contribution >= 4 is 11.6 Å². The van der Waals surface area contributed by atoms with E-state index in [0.29, 0.717) is 42.6 Å². The van der Waals surface area contributed by atoms with Crippen LogP contribution in [0.1, 0.15) is 52.4 Å². The highest BCUT2D eigenvalue weighted by atomic mass is 16.3. The summed E-state index contributed by atoms with van der Waals surface area (Å²) in [4.78, 5) is 25.3. The van der Waals surface area contributed by atoms with E-state index in [2.05, 4.69) is 13.0 Å². The van der Waals surface area contributed by atoms with Crippen LogP contribution in [0.15, 0.2) is 23.5 Å². The van der Waals surface area contributed by atoms with Gasteiger partial charge >= 0.3 is 0 Å². The third kappa shape index (κ3) is 1.63. The maximum atomic E-state index is 13.0. The molecule has 4 aliphatic rings. The van der Waals surface area contributed by atoms with Crippen LogP contribution < -0.4 is 0 Å². The maximum Gasteiger partial charge on any atom is 0.139 e. The largest absolute Gasteiger partial charge is 0.512 e. The van der Waals surface area contributed by atoms with E-state index in [4.69, 9.17) is 0 Å². The highest BCUT2D eigenvalue weighted by molar-refractivity contribution is 5.95. The lowest BCUT2D eigenvalue weighted by atomic mass is 9.48. The van der Waals surface area contributed by atoms with Gasteiger partial charge < -0.3 is 5.11 Å². The van der Waals surface area contributed by atoms with E-state index < -0.39 is 5.41 Å². The van der Waals surface area contributed by atoms with Gasteiger partial charge in [0.1, 0.15) is 11.6 Å². The maximum absolute atomic E-state index is 13.0. The van der Waals surface area contributed by atoms with E-state index in [1.54, 1.807) is 0 Å². The van der Waals surface area contributed by atoms with Crippen LogP contribution in [0.5, 0.6) is 0 Å². The topological polar surface area (TPSA) is 54.4 Å². The van der Waals surface area contributed by atoms with E-state index in [9.17, 15) is 14.7 Å². The Morgan fingerprint density at radius 2 is 1.95 bits per heavy atom. The standard InChI is InChI=1S/C19H24O3/c1-18-8-7-12(20)9-11(18)3-4-13-14-5-6-16(22)19(14,2)10-15(21)17(13)18/h3,9,13-14,17,20H,4-8,10H2,1-2H3/t13-,14-,17+,18-,19-/m0/s1. The molecule has 0 radical (unpaired) electrons. The van der Waals surface area contributed by atoms with Gasteiger partial charge in [-0.2, -0.15) is 0 Å². The Bertz CT molecular complexity index is 629. The van der Waals surface area contributed by atoms with Crippen molar-refractivity contribution in [3.63, 3.8) is 0 Å². The van der Waals surface area contributed by atoms with Gasteiger partial charge in [-0.1, -0.05) is 19.9 Å². The number of aliphatic hydroxyl groups excluding tert-OH is 1. The normalized spacial score (nSPS) is 47.3. The minimum Gasteiger partial charge on any atom is -0.512 e. The second-order valence-electron chi connectivity index (χ2n) is 8.22. The van der Waals surface area contributed by atoms with Gasteiger partial charge in [-0.3, -0.25) is 9.59 Å². The molecule has 0 aliphatic heterocycles. The number of hydrogen-bond donors (Lipinski definition) is 1. The van der Waals surface area contributed by atoms with Gasteiger partial charge in [-0.15, -0.1) is 0 Å². The fraction of sp³-hybridized carbons (Fsp3) is 0.684. The van der Waals surface area contributed by atoms with Crippen molar-refractivity contribution in [2.45, 2.75) is 52.4 Å². The molecule has 3 heteroatoms. The SMILES string of the molecule is C[C@]12CCC(O)=CC1=CC[C@@H]1[C@@H]2C(=O)C[C@]2(C)C(=O)CC[C@@H]12. The first-order valence-corrected chi connectivity index (χ1v) is 8.52. The summed E-state index contributed by atoms with van der Waals surface area (Å²) in [5.74, 6) is 1.70. The lowest BCUT2D eigenvalue weighted by Crippen LogP contribution is -2.54. The molecule has 0 saturated heterocycles. The first kappa shape index (κ1) is 14.2. The molecular formula is C19H24O3. The van der Waals surface area contributed by atoms with Gasteiger partial charge in [-0.05, 0) is 42.7 Å². The first-order valence-electron chi connectivity index (χ1n) is 8.52. The molecule has 0 unspecified atom stereocenters. The Morgan fingerprint density at radius 3 is 2.73 bits per heavy atom. The molecule has 0 bridgehead atoms. The van der Waals surface area contributed by atoms with Gasteiger partial charge in [0.2, 0.25) is 0 Å². The van der Waals surface area contributed by atoms with Crippen molar-refractivity contribution in [2.24, 2.45) is 28.6 Å². The average molecular weight is 300 g/mol. The van der Waals surface area contributed by atoms with Crippen LogP contribution in [0.4, 0.5) is 0 Å². The molecule has 4 rings (SSSR count). The zero-order chi connectivity index (χ0) is 15.7. The Morgan fingerprint density at radius 1 is 1.18 bits per heavy atom. The van der Waals surface area contributed by atoms with Crippen LogP contribution in [0, 0.1) is 28.6 Å². The summed E-state index contributed by atoms with van der Waals surface area (Å²) >= 11 is 0. The van der Waals surface area contributed by atoms with Crippen LogP contribution in [-0.4, -0.2) is 16.7 Å². The molecule has 5 atom stereocenters. The molecule has 0 amide bonds. The van der Waals surface area contributed by atoms with Crippen LogP contribution in [-0.2, 0) is 9.59 Å². The number of aliphatic hydroxyl groups is 1. The molecule has 22 heavy (non-hydrogen) atoms. The third-order valence-electron chi connectivity index (χ3n) is 7.15. The van der Waals surface area contributed by atoms with Crippen molar-refractivity contribution in [3.05, 3.63) is 23.5 Å². The highest BCUT2D eigenvalue weighted by Gasteiger charge is 2.61. The lowest BCUT2D eigenvalue weighted by molar-refractivity contribution is -0.147. The number of carbonyl (C=O) groups excluding carboxylic acids is 2. The van der Waals surface area contributed by atoms with Crippen molar-refractivity contribution < 1.29 is 14.7 Å². The van der Waals surface area contributed by atoms with Gasteiger partial charge in [0.15, 0.2) is 0 Å². The first-order chi connectivity index (χ1) is 10.4. The highest BCUT2D eigenvalue weighted by Crippen LogP contribution is 2.62. The van der Waals surface area contributed by atoms with E-state index in [1.807, 2.05) is 13.0 Å². The summed E-state index contributed by atoms with van der Waals surface area (Å²) in [5, 5.41) is 9.84. The molecule has 2 fully saturated rings. The smallest absolute Gasteiger partial charge is 0.139 e. The minimum absolute atomic E-state index is 0.0285. The fourth-order valence-electron chi connectivity index (χ4n) is 5.92. The van der Waals surface area contributed by atoms with E-state index in [1.165, 1.54) is 0 Å². The molecule has 118 valence electrons. The average Bonchev–Trinajstić information content (AvgIpc) is 2.75. The van der Waals surface area contributed by atoms with Gasteiger partial charge in [0, 0.05) is 36.0 Å². The molecule has 3 nitrogen and oxygen atoms in total. The van der Waals surface area contributed by atoms with Crippen molar-refractivity contribution in [3.8, 4) is 0 Å². The molecule has 0 aromatic heterocycles. The molecule has 2 saturated carbocycles. The molecule has 0 heterocycles. The Labute approximate surface area is 131 Å². The third-order valence-corrected chi connectivity index (χ3v) is 7.15. The van der Waals surface area contributed by atoms with E-state index >= 15 is 0 Å². The van der Waals surface area contributed by atoms with Gasteiger partial charge in [0.05, 0.1) is 5.76 Å². The second-order valence-corrected chi connectivity index (χ2v) is 8.22. The number of rotatable bonds is 0. The summed E-state index contributed by atoms with van der Waals surface area (Å²) in [6.07, 6.45) is 8.49. The van der Waals surface area contributed by atoms with E-state index in [-0.39, 0.29) is 17.1 Å². The lowest BCUT2D eigenvalue weighted by Gasteiger charge is -2.54. The predicted molar refractivity (Wildman–Crippen MR) is 83.2 cm³/mol. The summed E-state index contributed by atoms with van der Waals surface area (Å²) in [5.41, 5.74) is 0.574. The summed E-state index contributed by atoms with van der Waals surface area (Å²) in [7, 11) is 0.